The number of hydrogen-bond donors (Lipinski definition) is 1. The van der Waals surface area contributed by atoms with E-state index in [1.54, 1.807) is 11.8 Å². The third-order valence-corrected chi connectivity index (χ3v) is 2.58. The normalized spacial score (nSPS) is 10.1. The Morgan fingerprint density at radius 2 is 2.25 bits per heavy atom. The van der Waals surface area contributed by atoms with Gasteiger partial charge in [0.1, 0.15) is 5.82 Å². The molecule has 0 atom stereocenters. The summed E-state index contributed by atoms with van der Waals surface area (Å²) >= 11 is 1.68. The number of thioether (sulfide) groups is 1. The molecule has 0 saturated carbocycles. The summed E-state index contributed by atoms with van der Waals surface area (Å²) in [5.41, 5.74) is 5.80. The molecule has 0 aliphatic carbocycles. The summed E-state index contributed by atoms with van der Waals surface area (Å²) in [6.07, 6.45) is 2.77. The van der Waals surface area contributed by atoms with Gasteiger partial charge in [-0.3, -0.25) is 0 Å². The minimum atomic E-state index is -0.535. The summed E-state index contributed by atoms with van der Waals surface area (Å²) in [6, 6.07) is 3.68. The minimum absolute atomic E-state index is 0.154. The van der Waals surface area contributed by atoms with Gasteiger partial charge in [0, 0.05) is 5.69 Å². The molecule has 0 spiro atoms. The Bertz CT molecular complexity index is 351. The fraction of sp³-hybridized carbons (Fsp3) is 0.364. The lowest BCUT2D eigenvalue weighted by atomic mass is 10.2. The number of hydrogen-bond acceptors (Lipinski definition) is 4. The van der Waals surface area contributed by atoms with Gasteiger partial charge in [-0.1, -0.05) is 0 Å². The summed E-state index contributed by atoms with van der Waals surface area (Å²) in [7, 11) is 0. The minimum Gasteiger partial charge on any atom is -0.462 e. The molecule has 0 aliphatic heterocycles. The van der Waals surface area contributed by atoms with E-state index >= 15 is 0 Å². The molecule has 0 fully saturated rings. The van der Waals surface area contributed by atoms with Gasteiger partial charge in [0.15, 0.2) is 0 Å². The number of rotatable bonds is 5. The largest absolute Gasteiger partial charge is 0.462 e. The fourth-order valence-corrected chi connectivity index (χ4v) is 1.59. The SMILES string of the molecule is CSCCCOC(=O)c1cc(N)cc(F)c1. The van der Waals surface area contributed by atoms with Crippen LogP contribution in [0.25, 0.3) is 0 Å². The van der Waals surface area contributed by atoms with E-state index in [4.69, 9.17) is 10.5 Å². The summed E-state index contributed by atoms with van der Waals surface area (Å²) in [4.78, 5) is 11.5. The highest BCUT2D eigenvalue weighted by Gasteiger charge is 2.09. The second-order valence-electron chi connectivity index (χ2n) is 3.26. The average molecular weight is 243 g/mol. The zero-order valence-electron chi connectivity index (χ0n) is 9.03. The Morgan fingerprint density at radius 3 is 2.88 bits per heavy atom. The molecule has 0 amide bonds. The number of ether oxygens (including phenoxy) is 1. The predicted octanol–water partition coefficient (Wildman–Crippen LogP) is 2.32. The van der Waals surface area contributed by atoms with Crippen LogP contribution in [0.3, 0.4) is 0 Å². The van der Waals surface area contributed by atoms with E-state index in [2.05, 4.69) is 0 Å². The van der Waals surface area contributed by atoms with Gasteiger partial charge >= 0.3 is 5.97 Å². The monoisotopic (exact) mass is 243 g/mol. The first-order chi connectivity index (χ1) is 7.63. The molecule has 1 rings (SSSR count). The van der Waals surface area contributed by atoms with Crippen molar-refractivity contribution < 1.29 is 13.9 Å². The summed E-state index contributed by atoms with van der Waals surface area (Å²) in [5.74, 6) is -0.137. The number of carbonyl (C=O) groups is 1. The van der Waals surface area contributed by atoms with Crippen molar-refractivity contribution in [1.82, 2.24) is 0 Å². The topological polar surface area (TPSA) is 52.3 Å². The number of carbonyl (C=O) groups excluding carboxylic acids is 1. The highest BCUT2D eigenvalue weighted by Crippen LogP contribution is 2.12. The molecule has 88 valence electrons. The molecule has 0 unspecified atom stereocenters. The van der Waals surface area contributed by atoms with E-state index in [1.165, 1.54) is 6.07 Å². The van der Waals surface area contributed by atoms with Gasteiger partial charge in [-0.25, -0.2) is 9.18 Å². The van der Waals surface area contributed by atoms with Crippen LogP contribution in [0.15, 0.2) is 18.2 Å². The number of nitrogen functional groups attached to an aromatic ring is 1. The van der Waals surface area contributed by atoms with E-state index in [0.717, 1.165) is 24.3 Å². The molecule has 3 nitrogen and oxygen atoms in total. The third kappa shape index (κ3) is 4.10. The smallest absolute Gasteiger partial charge is 0.338 e. The Balaban J connectivity index is 2.52. The first-order valence-corrected chi connectivity index (χ1v) is 6.25. The lowest BCUT2D eigenvalue weighted by molar-refractivity contribution is 0.0506. The maximum absolute atomic E-state index is 12.9. The summed E-state index contributed by atoms with van der Waals surface area (Å²) < 4.78 is 17.9. The second kappa shape index (κ2) is 6.37. The molecule has 0 saturated heterocycles. The zero-order valence-corrected chi connectivity index (χ0v) is 9.85. The van der Waals surface area contributed by atoms with Crippen LogP contribution >= 0.6 is 11.8 Å². The van der Waals surface area contributed by atoms with E-state index in [9.17, 15) is 9.18 Å². The molecule has 1 aromatic carbocycles. The lowest BCUT2D eigenvalue weighted by Gasteiger charge is -2.05. The van der Waals surface area contributed by atoms with Crippen molar-refractivity contribution in [2.75, 3.05) is 24.3 Å². The van der Waals surface area contributed by atoms with Crippen molar-refractivity contribution >= 4 is 23.4 Å². The zero-order chi connectivity index (χ0) is 12.0. The predicted molar refractivity (Wildman–Crippen MR) is 64.1 cm³/mol. The van der Waals surface area contributed by atoms with Gasteiger partial charge in [0.25, 0.3) is 0 Å². The summed E-state index contributed by atoms with van der Waals surface area (Å²) in [5, 5.41) is 0. The van der Waals surface area contributed by atoms with Gasteiger partial charge < -0.3 is 10.5 Å². The van der Waals surface area contributed by atoms with Gasteiger partial charge in [-0.05, 0) is 36.6 Å². The summed E-state index contributed by atoms with van der Waals surface area (Å²) in [6.45, 7) is 0.343. The number of nitrogens with two attached hydrogens (primary N) is 1. The maximum atomic E-state index is 12.9. The number of benzene rings is 1. The highest BCUT2D eigenvalue weighted by molar-refractivity contribution is 7.98. The van der Waals surface area contributed by atoms with E-state index in [1.807, 2.05) is 6.26 Å². The molecule has 0 radical (unpaired) electrons. The molecule has 0 heterocycles. The van der Waals surface area contributed by atoms with Crippen molar-refractivity contribution in [2.24, 2.45) is 0 Å². The fourth-order valence-electron chi connectivity index (χ4n) is 1.18. The van der Waals surface area contributed by atoms with Crippen LogP contribution in [0.2, 0.25) is 0 Å². The third-order valence-electron chi connectivity index (χ3n) is 1.88. The Hall–Kier alpha value is -1.23. The molecule has 5 heteroatoms. The highest BCUT2D eigenvalue weighted by atomic mass is 32.2. The number of halogens is 1. The number of anilines is 1. The van der Waals surface area contributed by atoms with Crippen molar-refractivity contribution in [3.63, 3.8) is 0 Å². The molecule has 0 bridgehead atoms. The van der Waals surface area contributed by atoms with Gasteiger partial charge in [-0.15, -0.1) is 0 Å². The molecular formula is C11H14FNO2S. The van der Waals surface area contributed by atoms with Crippen LogP contribution in [0.4, 0.5) is 10.1 Å². The van der Waals surface area contributed by atoms with Crippen LogP contribution in [0.1, 0.15) is 16.8 Å². The van der Waals surface area contributed by atoms with Crippen LogP contribution in [0.5, 0.6) is 0 Å². The van der Waals surface area contributed by atoms with Gasteiger partial charge in [0.05, 0.1) is 12.2 Å². The molecule has 16 heavy (non-hydrogen) atoms. The van der Waals surface area contributed by atoms with Crippen molar-refractivity contribution in [3.8, 4) is 0 Å². The lowest BCUT2D eigenvalue weighted by Crippen LogP contribution is -2.08. The van der Waals surface area contributed by atoms with Crippen LogP contribution in [-0.4, -0.2) is 24.6 Å². The van der Waals surface area contributed by atoms with Gasteiger partial charge in [0.2, 0.25) is 0 Å². The van der Waals surface area contributed by atoms with Crippen molar-refractivity contribution in [2.45, 2.75) is 6.42 Å². The molecule has 0 aliphatic rings. The Kier molecular flexibility index (Phi) is 5.11. The van der Waals surface area contributed by atoms with Crippen LogP contribution in [0, 0.1) is 5.82 Å². The average Bonchev–Trinajstić information content (AvgIpc) is 2.22. The Morgan fingerprint density at radius 1 is 1.50 bits per heavy atom. The van der Waals surface area contributed by atoms with Crippen LogP contribution < -0.4 is 5.73 Å². The first kappa shape index (κ1) is 12.8. The van der Waals surface area contributed by atoms with Crippen LogP contribution in [-0.2, 0) is 4.74 Å². The molecule has 2 N–H and O–H groups in total. The standard InChI is InChI=1S/C11H14FNO2S/c1-16-4-2-3-15-11(14)8-5-9(12)7-10(13)6-8/h5-7H,2-4,13H2,1H3. The van der Waals surface area contributed by atoms with Crippen molar-refractivity contribution in [3.05, 3.63) is 29.6 Å². The molecule has 0 aromatic heterocycles. The second-order valence-corrected chi connectivity index (χ2v) is 4.24. The first-order valence-electron chi connectivity index (χ1n) is 4.85. The van der Waals surface area contributed by atoms with Crippen molar-refractivity contribution in [1.29, 1.82) is 0 Å². The molecule has 1 aromatic rings. The quantitative estimate of drug-likeness (QED) is 0.490. The van der Waals surface area contributed by atoms with Gasteiger partial charge in [-0.2, -0.15) is 11.8 Å². The maximum Gasteiger partial charge on any atom is 0.338 e. The van der Waals surface area contributed by atoms with E-state index < -0.39 is 11.8 Å². The number of esters is 1. The van der Waals surface area contributed by atoms with E-state index in [0.29, 0.717) is 6.61 Å². The van der Waals surface area contributed by atoms with E-state index in [-0.39, 0.29) is 11.3 Å². The Labute approximate surface area is 98.2 Å². The molecular weight excluding hydrogens is 229 g/mol.